The largest absolute Gasteiger partial charge is 0.355 e. The molecule has 0 fully saturated rings. The molecule has 7 heteroatoms. The lowest BCUT2D eigenvalue weighted by Crippen LogP contribution is -2.27. The Bertz CT molecular complexity index is 902. The van der Waals surface area contributed by atoms with E-state index in [4.69, 9.17) is 0 Å². The summed E-state index contributed by atoms with van der Waals surface area (Å²) in [6.07, 6.45) is 4.38. The predicted octanol–water partition coefficient (Wildman–Crippen LogP) is 4.00. The Balaban J connectivity index is 1.41. The highest BCUT2D eigenvalue weighted by Gasteiger charge is 2.22. The highest BCUT2D eigenvalue weighted by Crippen LogP contribution is 2.40. The van der Waals surface area contributed by atoms with E-state index < -0.39 is 0 Å². The van der Waals surface area contributed by atoms with Gasteiger partial charge in [-0.1, -0.05) is 17.8 Å². The molecule has 0 aromatic carbocycles. The van der Waals surface area contributed by atoms with Crippen LogP contribution >= 0.6 is 34.4 Å². The van der Waals surface area contributed by atoms with Crippen LogP contribution in [0.2, 0.25) is 0 Å². The predicted molar refractivity (Wildman–Crippen MR) is 106 cm³/mol. The van der Waals surface area contributed by atoms with Gasteiger partial charge in [0.25, 0.3) is 0 Å². The van der Waals surface area contributed by atoms with Crippen LogP contribution in [0.3, 0.4) is 0 Å². The van der Waals surface area contributed by atoms with Gasteiger partial charge in [-0.15, -0.1) is 22.7 Å². The number of carbonyl (C=O) groups excluding carboxylic acids is 1. The van der Waals surface area contributed by atoms with Gasteiger partial charge in [0.15, 0.2) is 0 Å². The van der Waals surface area contributed by atoms with Crippen molar-refractivity contribution >= 4 is 50.6 Å². The molecule has 25 heavy (non-hydrogen) atoms. The van der Waals surface area contributed by atoms with E-state index in [9.17, 15) is 4.79 Å². The van der Waals surface area contributed by atoms with Crippen LogP contribution in [0.5, 0.6) is 0 Å². The molecule has 0 radical (unpaired) electrons. The fourth-order valence-corrected chi connectivity index (χ4v) is 6.14. The highest BCUT2D eigenvalue weighted by molar-refractivity contribution is 8.00. The molecule has 1 amide bonds. The van der Waals surface area contributed by atoms with Gasteiger partial charge < -0.3 is 5.32 Å². The molecule has 0 saturated heterocycles. The molecule has 3 heterocycles. The molecule has 0 spiro atoms. The van der Waals surface area contributed by atoms with Gasteiger partial charge >= 0.3 is 0 Å². The minimum atomic E-state index is 0.0675. The SMILES string of the molecule is Cc1nc(SCC(=O)NCCc2cccs2)c2c3c(sc2n1)CCC3. The quantitative estimate of drug-likeness (QED) is 0.511. The van der Waals surface area contributed by atoms with E-state index in [1.54, 1.807) is 22.7 Å². The van der Waals surface area contributed by atoms with Crippen molar-refractivity contribution in [1.82, 2.24) is 15.3 Å². The van der Waals surface area contributed by atoms with Crippen LogP contribution < -0.4 is 5.32 Å². The monoisotopic (exact) mass is 389 g/mol. The molecular formula is C18H19N3OS3. The number of aryl methyl sites for hydroxylation is 3. The standard InChI is InChI=1S/C18H19N3OS3/c1-11-20-17(16-13-5-2-6-14(13)25-18(16)21-11)24-10-15(22)19-8-7-12-4-3-9-23-12/h3-4,9H,2,5-8,10H2,1H3,(H,19,22). The highest BCUT2D eigenvalue weighted by atomic mass is 32.2. The molecule has 0 atom stereocenters. The number of nitrogens with zero attached hydrogens (tertiary/aromatic N) is 2. The molecule has 0 unspecified atom stereocenters. The third kappa shape index (κ3) is 3.73. The Hall–Kier alpha value is -1.44. The van der Waals surface area contributed by atoms with Gasteiger partial charge in [-0.3, -0.25) is 4.79 Å². The molecule has 1 aliphatic carbocycles. The number of rotatable bonds is 6. The summed E-state index contributed by atoms with van der Waals surface area (Å²) in [7, 11) is 0. The topological polar surface area (TPSA) is 54.9 Å². The van der Waals surface area contributed by atoms with Gasteiger partial charge in [0.2, 0.25) is 5.91 Å². The minimum Gasteiger partial charge on any atom is -0.355 e. The van der Waals surface area contributed by atoms with E-state index in [-0.39, 0.29) is 5.91 Å². The molecular weight excluding hydrogens is 370 g/mol. The van der Waals surface area contributed by atoms with E-state index in [1.807, 2.05) is 13.0 Å². The summed E-state index contributed by atoms with van der Waals surface area (Å²) in [5, 5.41) is 7.23. The van der Waals surface area contributed by atoms with Crippen LogP contribution in [0, 0.1) is 6.92 Å². The van der Waals surface area contributed by atoms with Crippen molar-refractivity contribution in [3.05, 3.63) is 38.7 Å². The van der Waals surface area contributed by atoms with Gasteiger partial charge in [0.1, 0.15) is 15.7 Å². The van der Waals surface area contributed by atoms with E-state index >= 15 is 0 Å². The van der Waals surface area contributed by atoms with Gasteiger partial charge in [0, 0.05) is 21.7 Å². The summed E-state index contributed by atoms with van der Waals surface area (Å²) in [5.74, 6) is 1.26. The number of carbonyl (C=O) groups is 1. The zero-order valence-electron chi connectivity index (χ0n) is 14.0. The normalized spacial score (nSPS) is 13.3. The number of fused-ring (bicyclic) bond motifs is 3. The maximum absolute atomic E-state index is 12.2. The van der Waals surface area contributed by atoms with Crippen molar-refractivity contribution in [2.75, 3.05) is 12.3 Å². The molecule has 1 N–H and O–H groups in total. The minimum absolute atomic E-state index is 0.0675. The van der Waals surface area contributed by atoms with Crippen molar-refractivity contribution in [1.29, 1.82) is 0 Å². The molecule has 130 valence electrons. The Morgan fingerprint density at radius 3 is 3.12 bits per heavy atom. The van der Waals surface area contributed by atoms with Crippen LogP contribution in [0.4, 0.5) is 0 Å². The zero-order valence-corrected chi connectivity index (χ0v) is 16.5. The third-order valence-corrected chi connectivity index (χ3v) is 7.35. The van der Waals surface area contributed by atoms with Crippen molar-refractivity contribution in [3.63, 3.8) is 0 Å². The Morgan fingerprint density at radius 1 is 1.36 bits per heavy atom. The number of hydrogen-bond acceptors (Lipinski definition) is 6. The summed E-state index contributed by atoms with van der Waals surface area (Å²) >= 11 is 5.06. The van der Waals surface area contributed by atoms with Crippen LogP contribution in [-0.2, 0) is 24.1 Å². The summed E-state index contributed by atoms with van der Waals surface area (Å²) in [5.41, 5.74) is 1.42. The van der Waals surface area contributed by atoms with Gasteiger partial charge in [-0.2, -0.15) is 0 Å². The first-order valence-electron chi connectivity index (χ1n) is 8.41. The van der Waals surface area contributed by atoms with Crippen LogP contribution in [-0.4, -0.2) is 28.2 Å². The average Bonchev–Trinajstić information content (AvgIpc) is 3.29. The zero-order chi connectivity index (χ0) is 17.2. The molecule has 3 aromatic rings. The number of thiophene rings is 2. The summed E-state index contributed by atoms with van der Waals surface area (Å²) in [6.45, 7) is 2.61. The smallest absolute Gasteiger partial charge is 0.230 e. The van der Waals surface area contributed by atoms with Crippen molar-refractivity contribution in [2.24, 2.45) is 0 Å². The second kappa shape index (κ2) is 7.43. The van der Waals surface area contributed by atoms with Crippen molar-refractivity contribution in [3.8, 4) is 0 Å². The second-order valence-corrected chi connectivity index (χ2v) is 9.16. The molecule has 0 saturated carbocycles. The maximum atomic E-state index is 12.2. The van der Waals surface area contributed by atoms with E-state index in [0.717, 1.165) is 34.9 Å². The number of amides is 1. The number of nitrogens with one attached hydrogen (secondary N) is 1. The van der Waals surface area contributed by atoms with E-state index in [0.29, 0.717) is 12.3 Å². The third-order valence-electron chi connectivity index (χ3n) is 4.26. The van der Waals surface area contributed by atoms with Crippen LogP contribution in [0.25, 0.3) is 10.2 Å². The van der Waals surface area contributed by atoms with E-state index in [2.05, 4.69) is 26.7 Å². The van der Waals surface area contributed by atoms with E-state index in [1.165, 1.54) is 38.9 Å². The lowest BCUT2D eigenvalue weighted by Gasteiger charge is -2.06. The number of thioether (sulfide) groups is 1. The summed E-state index contributed by atoms with van der Waals surface area (Å²) in [4.78, 5) is 25.2. The van der Waals surface area contributed by atoms with Crippen molar-refractivity contribution < 1.29 is 4.79 Å². The van der Waals surface area contributed by atoms with Gasteiger partial charge in [0.05, 0.1) is 5.75 Å². The van der Waals surface area contributed by atoms with Crippen LogP contribution in [0.15, 0.2) is 22.5 Å². The summed E-state index contributed by atoms with van der Waals surface area (Å²) < 4.78 is 0. The fraction of sp³-hybridized carbons (Fsp3) is 0.389. The lowest BCUT2D eigenvalue weighted by molar-refractivity contribution is -0.118. The first-order valence-corrected chi connectivity index (χ1v) is 11.1. The second-order valence-electron chi connectivity index (χ2n) is 6.08. The lowest BCUT2D eigenvalue weighted by atomic mass is 10.2. The molecule has 4 nitrogen and oxygen atoms in total. The first-order chi connectivity index (χ1) is 12.2. The molecule has 0 aliphatic heterocycles. The van der Waals surface area contributed by atoms with Gasteiger partial charge in [-0.25, -0.2) is 9.97 Å². The average molecular weight is 390 g/mol. The maximum Gasteiger partial charge on any atom is 0.230 e. The Labute approximate surface area is 159 Å². The molecule has 1 aliphatic rings. The number of aromatic nitrogens is 2. The van der Waals surface area contributed by atoms with Crippen LogP contribution in [0.1, 0.15) is 27.6 Å². The fourth-order valence-electron chi connectivity index (χ4n) is 3.13. The number of hydrogen-bond donors (Lipinski definition) is 1. The van der Waals surface area contributed by atoms with Gasteiger partial charge in [-0.05, 0) is 49.6 Å². The Morgan fingerprint density at radius 2 is 2.28 bits per heavy atom. The first kappa shape index (κ1) is 17.0. The molecule has 3 aromatic heterocycles. The molecule has 4 rings (SSSR count). The van der Waals surface area contributed by atoms with Crippen molar-refractivity contribution in [2.45, 2.75) is 37.6 Å². The molecule has 0 bridgehead atoms. The Kier molecular flexibility index (Phi) is 5.05. The summed E-state index contributed by atoms with van der Waals surface area (Å²) in [6, 6.07) is 4.14.